The zero-order valence-electron chi connectivity index (χ0n) is 12.2. The predicted octanol–water partition coefficient (Wildman–Crippen LogP) is 1.81. The lowest BCUT2D eigenvalue weighted by molar-refractivity contribution is -0.146. The number of hydrogen-bond donors (Lipinski definition) is 1. The fraction of sp³-hybridized carbons (Fsp3) is 0.929. The summed E-state index contributed by atoms with van der Waals surface area (Å²) in [6.45, 7) is 10.2. The summed E-state index contributed by atoms with van der Waals surface area (Å²) in [6, 6.07) is 0.126. The van der Waals surface area contributed by atoms with Crippen molar-refractivity contribution in [1.29, 1.82) is 0 Å². The van der Waals surface area contributed by atoms with Gasteiger partial charge in [0.05, 0.1) is 18.3 Å². The smallest absolute Gasteiger partial charge is 0.226 e. The van der Waals surface area contributed by atoms with E-state index in [-0.39, 0.29) is 30.1 Å². The molecule has 1 fully saturated rings. The van der Waals surface area contributed by atoms with Gasteiger partial charge in [-0.2, -0.15) is 0 Å². The zero-order valence-corrected chi connectivity index (χ0v) is 12.2. The van der Waals surface area contributed by atoms with Crippen molar-refractivity contribution < 1.29 is 14.6 Å². The van der Waals surface area contributed by atoms with Gasteiger partial charge in [-0.1, -0.05) is 0 Å². The number of ether oxygens (including phenoxy) is 1. The van der Waals surface area contributed by atoms with Crippen LogP contribution >= 0.6 is 0 Å². The highest BCUT2D eigenvalue weighted by atomic mass is 16.5. The molecule has 1 aliphatic rings. The van der Waals surface area contributed by atoms with Crippen LogP contribution in [0.25, 0.3) is 0 Å². The van der Waals surface area contributed by atoms with Crippen molar-refractivity contribution in [2.24, 2.45) is 5.92 Å². The van der Waals surface area contributed by atoms with Gasteiger partial charge in [-0.3, -0.25) is 4.79 Å². The Kier molecular flexibility index (Phi) is 5.60. The van der Waals surface area contributed by atoms with Gasteiger partial charge in [-0.25, -0.2) is 0 Å². The fourth-order valence-corrected chi connectivity index (χ4v) is 2.68. The predicted molar refractivity (Wildman–Crippen MR) is 71.3 cm³/mol. The quantitative estimate of drug-likeness (QED) is 0.835. The van der Waals surface area contributed by atoms with E-state index in [1.165, 1.54) is 0 Å². The Morgan fingerprint density at radius 1 is 1.28 bits per heavy atom. The van der Waals surface area contributed by atoms with Gasteiger partial charge in [0.15, 0.2) is 0 Å². The van der Waals surface area contributed by atoms with Crippen LogP contribution in [0.1, 0.15) is 47.5 Å². The number of aliphatic hydroxyl groups is 1. The second kappa shape index (κ2) is 6.53. The van der Waals surface area contributed by atoms with E-state index < -0.39 is 6.10 Å². The van der Waals surface area contributed by atoms with Crippen molar-refractivity contribution in [2.75, 3.05) is 6.54 Å². The van der Waals surface area contributed by atoms with Crippen molar-refractivity contribution in [1.82, 2.24) is 4.90 Å². The van der Waals surface area contributed by atoms with E-state index >= 15 is 0 Å². The fourth-order valence-electron chi connectivity index (χ4n) is 2.68. The molecule has 4 heteroatoms. The van der Waals surface area contributed by atoms with Crippen LogP contribution < -0.4 is 0 Å². The van der Waals surface area contributed by atoms with Crippen molar-refractivity contribution >= 4 is 5.91 Å². The van der Waals surface area contributed by atoms with E-state index in [1.807, 2.05) is 27.7 Å². The van der Waals surface area contributed by atoms with E-state index in [0.717, 1.165) is 12.8 Å². The molecule has 1 rings (SSSR count). The Hall–Kier alpha value is -0.610. The zero-order chi connectivity index (χ0) is 13.9. The summed E-state index contributed by atoms with van der Waals surface area (Å²) in [7, 11) is 0. The highest BCUT2D eigenvalue weighted by molar-refractivity contribution is 5.79. The summed E-state index contributed by atoms with van der Waals surface area (Å²) < 4.78 is 5.67. The molecular weight excluding hydrogens is 230 g/mol. The first-order chi connectivity index (χ1) is 8.31. The highest BCUT2D eigenvalue weighted by Gasteiger charge is 2.33. The standard InChI is InChI=1S/C14H27NO3/c1-9(2)15(8-10(3)16)14(17)13-6-11(4)18-12(5)7-13/h9-13,16H,6-8H2,1-5H3. The Morgan fingerprint density at radius 2 is 1.78 bits per heavy atom. The number of nitrogens with zero attached hydrogens (tertiary/aromatic N) is 1. The lowest BCUT2D eigenvalue weighted by atomic mass is 9.91. The molecule has 1 N–H and O–H groups in total. The topological polar surface area (TPSA) is 49.8 Å². The number of rotatable bonds is 4. The van der Waals surface area contributed by atoms with Gasteiger partial charge in [0.2, 0.25) is 5.91 Å². The van der Waals surface area contributed by atoms with E-state index in [4.69, 9.17) is 4.74 Å². The Morgan fingerprint density at radius 3 is 2.17 bits per heavy atom. The highest BCUT2D eigenvalue weighted by Crippen LogP contribution is 2.27. The van der Waals surface area contributed by atoms with Gasteiger partial charge in [0, 0.05) is 18.5 Å². The summed E-state index contributed by atoms with van der Waals surface area (Å²) >= 11 is 0. The minimum absolute atomic E-state index is 0.0323. The lowest BCUT2D eigenvalue weighted by Gasteiger charge is -2.36. The number of aliphatic hydroxyl groups excluding tert-OH is 1. The molecule has 3 atom stereocenters. The van der Waals surface area contributed by atoms with Crippen LogP contribution in [0.5, 0.6) is 0 Å². The molecule has 0 aromatic rings. The third-order valence-electron chi connectivity index (χ3n) is 3.41. The first kappa shape index (κ1) is 15.4. The maximum absolute atomic E-state index is 12.5. The molecule has 0 saturated carbocycles. The van der Waals surface area contributed by atoms with Gasteiger partial charge in [-0.15, -0.1) is 0 Å². The molecular formula is C14H27NO3. The first-order valence-electron chi connectivity index (χ1n) is 6.95. The summed E-state index contributed by atoms with van der Waals surface area (Å²) in [5, 5.41) is 9.50. The molecule has 1 amide bonds. The Labute approximate surface area is 110 Å². The molecule has 0 aromatic heterocycles. The minimum atomic E-state index is -0.481. The molecule has 0 spiro atoms. The van der Waals surface area contributed by atoms with Crippen molar-refractivity contribution in [3.05, 3.63) is 0 Å². The largest absolute Gasteiger partial charge is 0.392 e. The van der Waals surface area contributed by atoms with Crippen LogP contribution in [0.2, 0.25) is 0 Å². The lowest BCUT2D eigenvalue weighted by Crippen LogP contribution is -2.47. The number of carbonyl (C=O) groups excluding carboxylic acids is 1. The monoisotopic (exact) mass is 257 g/mol. The average molecular weight is 257 g/mol. The number of hydrogen-bond acceptors (Lipinski definition) is 3. The van der Waals surface area contributed by atoms with Gasteiger partial charge in [0.25, 0.3) is 0 Å². The molecule has 1 heterocycles. The summed E-state index contributed by atoms with van der Waals surface area (Å²) in [6.07, 6.45) is 1.37. The van der Waals surface area contributed by atoms with Crippen molar-refractivity contribution in [2.45, 2.75) is 71.8 Å². The van der Waals surface area contributed by atoms with Crippen LogP contribution in [0.3, 0.4) is 0 Å². The van der Waals surface area contributed by atoms with Gasteiger partial charge < -0.3 is 14.7 Å². The van der Waals surface area contributed by atoms with Gasteiger partial charge in [-0.05, 0) is 47.5 Å². The van der Waals surface area contributed by atoms with Gasteiger partial charge in [0.1, 0.15) is 0 Å². The van der Waals surface area contributed by atoms with Crippen LogP contribution in [0, 0.1) is 5.92 Å². The maximum atomic E-state index is 12.5. The van der Waals surface area contributed by atoms with Crippen LogP contribution in [0.4, 0.5) is 0 Å². The summed E-state index contributed by atoms with van der Waals surface area (Å²) in [5.74, 6) is 0.192. The van der Waals surface area contributed by atoms with E-state index in [1.54, 1.807) is 11.8 Å². The van der Waals surface area contributed by atoms with Crippen molar-refractivity contribution in [3.63, 3.8) is 0 Å². The molecule has 0 aliphatic carbocycles. The van der Waals surface area contributed by atoms with E-state index in [0.29, 0.717) is 6.54 Å². The Balaban J connectivity index is 2.70. The average Bonchev–Trinajstić information content (AvgIpc) is 2.23. The molecule has 1 aliphatic heterocycles. The molecule has 1 saturated heterocycles. The SMILES string of the molecule is CC(O)CN(C(=O)C1CC(C)OC(C)C1)C(C)C. The van der Waals surface area contributed by atoms with Crippen LogP contribution in [0.15, 0.2) is 0 Å². The van der Waals surface area contributed by atoms with Crippen molar-refractivity contribution in [3.8, 4) is 0 Å². The second-order valence-electron chi connectivity index (χ2n) is 5.86. The second-order valence-corrected chi connectivity index (χ2v) is 5.86. The number of amides is 1. The molecule has 4 nitrogen and oxygen atoms in total. The first-order valence-corrected chi connectivity index (χ1v) is 6.95. The van der Waals surface area contributed by atoms with E-state index in [2.05, 4.69) is 0 Å². The molecule has 106 valence electrons. The Bertz CT molecular complexity index is 268. The summed E-state index contributed by atoms with van der Waals surface area (Å²) in [4.78, 5) is 14.3. The van der Waals surface area contributed by atoms with Crippen LogP contribution in [-0.4, -0.2) is 46.8 Å². The number of carbonyl (C=O) groups is 1. The molecule has 0 aromatic carbocycles. The molecule has 0 radical (unpaired) electrons. The van der Waals surface area contributed by atoms with Crippen LogP contribution in [-0.2, 0) is 9.53 Å². The van der Waals surface area contributed by atoms with Gasteiger partial charge >= 0.3 is 0 Å². The third kappa shape index (κ3) is 4.25. The van der Waals surface area contributed by atoms with E-state index in [9.17, 15) is 9.90 Å². The normalized spacial score (nSPS) is 30.3. The minimum Gasteiger partial charge on any atom is -0.392 e. The molecule has 18 heavy (non-hydrogen) atoms. The maximum Gasteiger partial charge on any atom is 0.226 e. The summed E-state index contributed by atoms with van der Waals surface area (Å²) in [5.41, 5.74) is 0. The molecule has 0 bridgehead atoms. The third-order valence-corrected chi connectivity index (χ3v) is 3.41. The molecule has 3 unspecified atom stereocenters.